The first-order valence-electron chi connectivity index (χ1n) is 9.09. The Morgan fingerprint density at radius 2 is 1.94 bits per heavy atom. The molecular weight excluding hydrogens is 434 g/mol. The molecule has 0 aliphatic rings. The van der Waals surface area contributed by atoms with E-state index in [-0.39, 0.29) is 11.3 Å². The van der Waals surface area contributed by atoms with E-state index in [1.165, 1.54) is 31.6 Å². The second-order valence-electron chi connectivity index (χ2n) is 6.39. The number of carbonyl (C=O) groups is 2. The van der Waals surface area contributed by atoms with E-state index in [0.29, 0.717) is 26.0 Å². The lowest BCUT2D eigenvalue weighted by molar-refractivity contribution is 0.0601. The number of nitriles is 1. The molecule has 3 rings (SSSR count). The SMILES string of the molecule is COC(=O)c1c(NC=C(C#N)c2nc(-c3ccc(OC)cc3)cs2)sc(C(C)=O)c1C. The van der Waals surface area contributed by atoms with Crippen LogP contribution < -0.4 is 10.1 Å². The minimum atomic E-state index is -0.549. The van der Waals surface area contributed by atoms with E-state index in [0.717, 1.165) is 28.3 Å². The minimum absolute atomic E-state index is 0.144. The summed E-state index contributed by atoms with van der Waals surface area (Å²) in [6, 6.07) is 9.60. The summed E-state index contributed by atoms with van der Waals surface area (Å²) in [6.45, 7) is 3.14. The monoisotopic (exact) mass is 453 g/mol. The summed E-state index contributed by atoms with van der Waals surface area (Å²) in [5, 5.41) is 15.5. The molecule has 0 fully saturated rings. The highest BCUT2D eigenvalue weighted by molar-refractivity contribution is 7.18. The van der Waals surface area contributed by atoms with Crippen LogP contribution in [0.2, 0.25) is 0 Å². The molecule has 0 radical (unpaired) electrons. The number of carbonyl (C=O) groups excluding carboxylic acids is 2. The summed E-state index contributed by atoms with van der Waals surface area (Å²) in [5.74, 6) is 0.0551. The molecule has 0 saturated heterocycles. The molecule has 0 spiro atoms. The molecule has 0 saturated carbocycles. The number of benzene rings is 1. The van der Waals surface area contributed by atoms with Gasteiger partial charge in [0.1, 0.15) is 27.4 Å². The predicted molar refractivity (Wildman–Crippen MR) is 122 cm³/mol. The molecule has 0 aliphatic carbocycles. The highest BCUT2D eigenvalue weighted by Gasteiger charge is 2.23. The molecule has 2 heterocycles. The lowest BCUT2D eigenvalue weighted by Crippen LogP contribution is -2.05. The van der Waals surface area contributed by atoms with Gasteiger partial charge < -0.3 is 14.8 Å². The van der Waals surface area contributed by atoms with Gasteiger partial charge >= 0.3 is 5.97 Å². The zero-order valence-electron chi connectivity index (χ0n) is 17.3. The van der Waals surface area contributed by atoms with Gasteiger partial charge in [-0.1, -0.05) is 0 Å². The molecule has 2 aromatic heterocycles. The van der Waals surface area contributed by atoms with E-state index in [1.54, 1.807) is 14.0 Å². The van der Waals surface area contributed by atoms with Gasteiger partial charge in [-0.25, -0.2) is 9.78 Å². The zero-order valence-corrected chi connectivity index (χ0v) is 18.9. The van der Waals surface area contributed by atoms with E-state index in [1.807, 2.05) is 29.6 Å². The van der Waals surface area contributed by atoms with Gasteiger partial charge in [0.2, 0.25) is 0 Å². The number of esters is 1. The van der Waals surface area contributed by atoms with Crippen molar-refractivity contribution in [2.75, 3.05) is 19.5 Å². The van der Waals surface area contributed by atoms with Gasteiger partial charge in [0.05, 0.1) is 30.4 Å². The maximum absolute atomic E-state index is 12.2. The molecule has 0 aliphatic heterocycles. The smallest absolute Gasteiger partial charge is 0.341 e. The molecule has 1 aromatic carbocycles. The third-order valence-electron chi connectivity index (χ3n) is 4.44. The van der Waals surface area contributed by atoms with Crippen LogP contribution in [0.4, 0.5) is 5.00 Å². The average Bonchev–Trinajstić information content (AvgIpc) is 3.39. The Bertz CT molecular complexity index is 1200. The van der Waals surface area contributed by atoms with Crippen LogP contribution in [0.5, 0.6) is 5.75 Å². The number of hydrogen-bond donors (Lipinski definition) is 1. The molecule has 0 atom stereocenters. The summed E-state index contributed by atoms with van der Waals surface area (Å²) in [7, 11) is 2.89. The predicted octanol–water partition coefficient (Wildman–Crippen LogP) is 5.15. The molecule has 7 nitrogen and oxygen atoms in total. The first kappa shape index (κ1) is 22.2. The van der Waals surface area contributed by atoms with Crippen molar-refractivity contribution in [3.05, 3.63) is 56.9 Å². The fraction of sp³-hybridized carbons (Fsp3) is 0.182. The normalized spacial score (nSPS) is 11.0. The molecule has 1 N–H and O–H groups in total. The number of methoxy groups -OCH3 is 2. The fourth-order valence-corrected chi connectivity index (χ4v) is 4.72. The molecule has 3 aromatic rings. The Morgan fingerprint density at radius 3 is 2.52 bits per heavy atom. The van der Waals surface area contributed by atoms with E-state index in [4.69, 9.17) is 9.47 Å². The zero-order chi connectivity index (χ0) is 22.5. The quantitative estimate of drug-likeness (QED) is 0.300. The number of anilines is 1. The largest absolute Gasteiger partial charge is 0.497 e. The van der Waals surface area contributed by atoms with Crippen LogP contribution in [0, 0.1) is 18.3 Å². The third-order valence-corrected chi connectivity index (χ3v) is 6.64. The number of aromatic nitrogens is 1. The highest BCUT2D eigenvalue weighted by Crippen LogP contribution is 2.35. The Kier molecular flexibility index (Phi) is 6.84. The summed E-state index contributed by atoms with van der Waals surface area (Å²) in [5.41, 5.74) is 2.78. The first-order chi connectivity index (χ1) is 14.9. The number of hydrogen-bond acceptors (Lipinski definition) is 9. The van der Waals surface area contributed by atoms with Crippen molar-refractivity contribution in [2.45, 2.75) is 13.8 Å². The summed E-state index contributed by atoms with van der Waals surface area (Å²) in [4.78, 5) is 29.1. The van der Waals surface area contributed by atoms with Gasteiger partial charge in [-0.05, 0) is 43.7 Å². The summed E-state index contributed by atoms with van der Waals surface area (Å²) >= 11 is 2.48. The van der Waals surface area contributed by atoms with Gasteiger partial charge in [-0.15, -0.1) is 22.7 Å². The number of thiazole rings is 1. The van der Waals surface area contributed by atoms with Crippen LogP contribution >= 0.6 is 22.7 Å². The van der Waals surface area contributed by atoms with E-state index in [2.05, 4.69) is 16.4 Å². The van der Waals surface area contributed by atoms with Crippen LogP contribution in [0.15, 0.2) is 35.8 Å². The molecule has 9 heteroatoms. The Hall–Kier alpha value is -3.48. The first-order valence-corrected chi connectivity index (χ1v) is 10.8. The number of nitrogens with zero attached hydrogens (tertiary/aromatic N) is 2. The maximum Gasteiger partial charge on any atom is 0.341 e. The van der Waals surface area contributed by atoms with Crippen molar-refractivity contribution in [1.29, 1.82) is 5.26 Å². The summed E-state index contributed by atoms with van der Waals surface area (Å²) < 4.78 is 10.0. The molecule has 31 heavy (non-hydrogen) atoms. The number of ether oxygens (including phenoxy) is 2. The number of allylic oxidation sites excluding steroid dienone is 1. The lowest BCUT2D eigenvalue weighted by Gasteiger charge is -2.03. The standard InChI is InChI=1S/C22H19N3O4S2/c1-12-18(22(27)29-4)21(31-19(12)13(2)26)24-10-15(9-23)20-25-17(11-30-20)14-5-7-16(28-3)8-6-14/h5-8,10-11,24H,1-4H3. The van der Waals surface area contributed by atoms with Crippen LogP contribution in [0.1, 0.15) is 37.5 Å². The average molecular weight is 454 g/mol. The number of rotatable bonds is 7. The van der Waals surface area contributed by atoms with Crippen molar-refractivity contribution < 1.29 is 19.1 Å². The van der Waals surface area contributed by atoms with E-state index >= 15 is 0 Å². The third kappa shape index (κ3) is 4.66. The summed E-state index contributed by atoms with van der Waals surface area (Å²) in [6.07, 6.45) is 1.48. The molecule has 0 bridgehead atoms. The fourth-order valence-electron chi connectivity index (χ4n) is 2.87. The van der Waals surface area contributed by atoms with E-state index < -0.39 is 5.97 Å². The highest BCUT2D eigenvalue weighted by atomic mass is 32.1. The number of ketones is 1. The van der Waals surface area contributed by atoms with Crippen molar-refractivity contribution in [3.8, 4) is 23.1 Å². The van der Waals surface area contributed by atoms with Crippen molar-refractivity contribution in [2.24, 2.45) is 0 Å². The molecule has 0 amide bonds. The molecule has 158 valence electrons. The Labute approximate surface area is 187 Å². The van der Waals surface area contributed by atoms with Gasteiger partial charge in [0, 0.05) is 17.1 Å². The van der Waals surface area contributed by atoms with Crippen molar-refractivity contribution in [1.82, 2.24) is 4.98 Å². The Balaban J connectivity index is 1.91. The number of thiophene rings is 1. The maximum atomic E-state index is 12.2. The van der Waals surface area contributed by atoms with E-state index in [9.17, 15) is 14.9 Å². The molecular formula is C22H19N3O4S2. The second-order valence-corrected chi connectivity index (χ2v) is 8.27. The van der Waals surface area contributed by atoms with Crippen LogP contribution in [0.3, 0.4) is 0 Å². The second kappa shape index (κ2) is 9.55. The van der Waals surface area contributed by atoms with Gasteiger partial charge in [0.15, 0.2) is 5.78 Å². The number of Topliss-reactive ketones (excluding diaryl/α,β-unsaturated/α-hetero) is 1. The van der Waals surface area contributed by atoms with Crippen LogP contribution in [-0.2, 0) is 4.74 Å². The van der Waals surface area contributed by atoms with Gasteiger partial charge in [0.25, 0.3) is 0 Å². The van der Waals surface area contributed by atoms with Gasteiger partial charge in [-0.2, -0.15) is 5.26 Å². The lowest BCUT2D eigenvalue weighted by atomic mass is 10.1. The van der Waals surface area contributed by atoms with Crippen LogP contribution in [-0.4, -0.2) is 31.0 Å². The van der Waals surface area contributed by atoms with Crippen molar-refractivity contribution >= 4 is 45.0 Å². The van der Waals surface area contributed by atoms with Crippen LogP contribution in [0.25, 0.3) is 16.8 Å². The number of nitrogens with one attached hydrogen (secondary N) is 1. The Morgan fingerprint density at radius 1 is 1.23 bits per heavy atom. The minimum Gasteiger partial charge on any atom is -0.497 e. The van der Waals surface area contributed by atoms with Gasteiger partial charge in [-0.3, -0.25) is 4.79 Å². The van der Waals surface area contributed by atoms with Crippen molar-refractivity contribution in [3.63, 3.8) is 0 Å². The molecule has 0 unspecified atom stereocenters. The topological polar surface area (TPSA) is 101 Å².